The summed E-state index contributed by atoms with van der Waals surface area (Å²) in [6.07, 6.45) is 49.7. The largest absolute Gasteiger partial charge is 0.236 e. The molecule has 12 heteroatoms. The van der Waals surface area contributed by atoms with E-state index >= 15 is 0 Å². The quantitative estimate of drug-likeness (QED) is 0.0305. The fraction of sp³-hybridized carbons (Fsp3) is 0.437. The molecule has 0 aliphatic rings. The van der Waals surface area contributed by atoms with E-state index in [0.29, 0.717) is 0 Å². The Labute approximate surface area is 517 Å². The summed E-state index contributed by atoms with van der Waals surface area (Å²) in [6, 6.07) is 33.8. The first-order valence-electron chi connectivity index (χ1n) is 30.7. The lowest BCUT2D eigenvalue weighted by atomic mass is 10.1. The minimum atomic E-state index is 0.803. The van der Waals surface area contributed by atoms with Gasteiger partial charge < -0.3 is 0 Å². The lowest BCUT2D eigenvalue weighted by Gasteiger charge is -2.05. The summed E-state index contributed by atoms with van der Waals surface area (Å²) < 4.78 is 0. The van der Waals surface area contributed by atoms with Crippen LogP contribution in [0.15, 0.2) is 166 Å². The Bertz CT molecular complexity index is 2870. The van der Waals surface area contributed by atoms with E-state index in [1.54, 1.807) is 35.3 Å². The van der Waals surface area contributed by atoms with Crippen molar-refractivity contribution < 1.29 is 0 Å². The van der Waals surface area contributed by atoms with Crippen molar-refractivity contribution in [1.29, 1.82) is 0 Å². The van der Waals surface area contributed by atoms with E-state index in [2.05, 4.69) is 190 Å². The number of hydrogen-bond donors (Lipinski definition) is 0. The first-order valence-corrected chi connectivity index (χ1v) is 35.4. The van der Waals surface area contributed by atoms with Crippen molar-refractivity contribution in [1.82, 2.24) is 39.9 Å². The van der Waals surface area contributed by atoms with Crippen LogP contribution in [0.1, 0.15) is 172 Å². The minimum Gasteiger partial charge on any atom is -0.236 e. The molecule has 0 fully saturated rings. The molecule has 8 nitrogen and oxygen atoms in total. The smallest absolute Gasteiger partial charge is 0.159 e. The number of rotatable bonds is 31. The van der Waals surface area contributed by atoms with Gasteiger partial charge in [0, 0.05) is 91.4 Å². The highest BCUT2D eigenvalue weighted by Crippen LogP contribution is 2.26. The maximum absolute atomic E-state index is 4.61. The average molecular weight is 1190 g/mol. The summed E-state index contributed by atoms with van der Waals surface area (Å²) in [6.45, 7) is 11.1. The zero-order valence-electron chi connectivity index (χ0n) is 51.3. The number of nitrogens with zero attached hydrogens (tertiary/aromatic N) is 8. The van der Waals surface area contributed by atoms with Gasteiger partial charge in [-0.1, -0.05) is 173 Å². The third-order valence-corrected chi connectivity index (χ3v) is 17.3. The summed E-state index contributed by atoms with van der Waals surface area (Å²) in [4.78, 5) is 41.0. The average Bonchev–Trinajstić information content (AvgIpc) is 3.59. The van der Waals surface area contributed by atoms with Gasteiger partial charge >= 0.3 is 0 Å². The van der Waals surface area contributed by atoms with Gasteiger partial charge in [-0.3, -0.25) is 0 Å². The van der Waals surface area contributed by atoms with Crippen molar-refractivity contribution in [2.75, 3.05) is 24.5 Å². The Morgan fingerprint density at radius 2 is 0.506 bits per heavy atom. The highest BCUT2D eigenvalue weighted by atomic mass is 32.2. The fourth-order valence-electron chi connectivity index (χ4n) is 8.88. The number of aryl methyl sites for hydroxylation is 4. The third-order valence-electron chi connectivity index (χ3n) is 14.0. The summed E-state index contributed by atoms with van der Waals surface area (Å²) >= 11 is 7.18. The SMILES string of the molecule is CCCCCCCCCCc1cnc(-c2ccc(SCCCCCC)cc2)nc1.CCCCCc1cnc(-c2ccc(SC)cc2)nc1.CCCCc1cnc(-c2ccc(SC)cc2)nc1.CCCc1cnc(-c2ccc(SC)cc2)nc1. The van der Waals surface area contributed by atoms with Gasteiger partial charge in [-0.05, 0) is 147 Å². The molecule has 0 amide bonds. The van der Waals surface area contributed by atoms with Crippen LogP contribution in [0, 0.1) is 0 Å². The maximum Gasteiger partial charge on any atom is 0.159 e. The van der Waals surface area contributed by atoms with E-state index in [-0.39, 0.29) is 0 Å². The number of unbranched alkanes of at least 4 members (excludes halogenated alkanes) is 13. The molecule has 0 atom stereocenters. The molecule has 4 heterocycles. The zero-order chi connectivity index (χ0) is 59.0. The summed E-state index contributed by atoms with van der Waals surface area (Å²) in [7, 11) is 0. The molecule has 0 N–H and O–H groups in total. The molecule has 8 rings (SSSR count). The van der Waals surface area contributed by atoms with E-state index in [1.807, 2.05) is 61.3 Å². The van der Waals surface area contributed by atoms with Crippen LogP contribution in [0.5, 0.6) is 0 Å². The Hall–Kier alpha value is -5.40. The van der Waals surface area contributed by atoms with Crippen molar-refractivity contribution in [3.8, 4) is 45.6 Å². The fourth-order valence-corrected chi connectivity index (χ4v) is 11.0. The lowest BCUT2D eigenvalue weighted by molar-refractivity contribution is 0.575. The van der Waals surface area contributed by atoms with Crippen molar-refractivity contribution in [3.05, 3.63) is 169 Å². The summed E-state index contributed by atoms with van der Waals surface area (Å²) in [5, 5.41) is 0. The van der Waals surface area contributed by atoms with Gasteiger partial charge in [0.15, 0.2) is 23.3 Å². The predicted octanol–water partition coefficient (Wildman–Crippen LogP) is 21.1. The molecule has 83 heavy (non-hydrogen) atoms. The molecule has 4 aromatic carbocycles. The molecule has 0 aliphatic carbocycles. The normalized spacial score (nSPS) is 10.7. The molecule has 4 aromatic heterocycles. The van der Waals surface area contributed by atoms with Crippen LogP contribution in [-0.2, 0) is 25.7 Å². The zero-order valence-corrected chi connectivity index (χ0v) is 54.6. The van der Waals surface area contributed by atoms with E-state index < -0.39 is 0 Å². The van der Waals surface area contributed by atoms with E-state index in [0.717, 1.165) is 77.7 Å². The second kappa shape index (κ2) is 42.4. The van der Waals surface area contributed by atoms with Gasteiger partial charge in [-0.15, -0.1) is 47.0 Å². The third kappa shape index (κ3) is 27.0. The predicted molar refractivity (Wildman–Crippen MR) is 362 cm³/mol. The van der Waals surface area contributed by atoms with Gasteiger partial charge in [0.25, 0.3) is 0 Å². The molecule has 0 spiro atoms. The number of thioether (sulfide) groups is 4. The molecule has 0 saturated carbocycles. The van der Waals surface area contributed by atoms with Crippen molar-refractivity contribution >= 4 is 47.0 Å². The molecule has 0 aliphatic heterocycles. The molecule has 0 radical (unpaired) electrons. The molecular weight excluding hydrogens is 1090 g/mol. The first kappa shape index (κ1) is 68.4. The standard InChI is InChI=1S/C26H40N2S.C16H20N2S.C15H18N2S.C14H16N2S/c1-3-5-7-9-10-11-12-13-15-23-21-27-26(28-22-23)24-16-18-25(19-17-24)29-20-14-8-6-4-2;1-3-4-5-6-13-11-17-16(18-12-13)14-7-9-15(19-2)10-8-14;1-3-4-5-12-10-16-15(17-11-12)13-6-8-14(18-2)9-7-13;1-3-4-11-9-15-14(16-10-11)12-5-7-13(17-2)8-6-12/h16-19,21-22H,3-15,20H2,1-2H3;7-12H,3-6H2,1-2H3;6-11H,3-5H2,1-2H3;5-10H,3-4H2,1-2H3. The van der Waals surface area contributed by atoms with Crippen molar-refractivity contribution in [3.63, 3.8) is 0 Å². The molecule has 0 saturated heterocycles. The van der Waals surface area contributed by atoms with Crippen LogP contribution >= 0.6 is 47.0 Å². The van der Waals surface area contributed by atoms with Crippen LogP contribution in [0.4, 0.5) is 0 Å². The number of benzene rings is 4. The molecule has 0 unspecified atom stereocenters. The minimum absolute atomic E-state index is 0.803. The van der Waals surface area contributed by atoms with Gasteiger partial charge in [0.2, 0.25) is 0 Å². The van der Waals surface area contributed by atoms with Crippen LogP contribution in [0.25, 0.3) is 45.6 Å². The Balaban J connectivity index is 0.000000208. The molecular formula is C71H94N8S4. The highest BCUT2D eigenvalue weighted by molar-refractivity contribution is 7.99. The lowest BCUT2D eigenvalue weighted by Crippen LogP contribution is -1.93. The van der Waals surface area contributed by atoms with Crippen LogP contribution < -0.4 is 0 Å². The second-order valence-corrected chi connectivity index (χ2v) is 24.6. The topological polar surface area (TPSA) is 103 Å². The van der Waals surface area contributed by atoms with Crippen molar-refractivity contribution in [2.45, 2.75) is 195 Å². The van der Waals surface area contributed by atoms with Gasteiger partial charge in [0.1, 0.15) is 0 Å². The van der Waals surface area contributed by atoms with E-state index in [9.17, 15) is 0 Å². The monoisotopic (exact) mass is 1190 g/mol. The Kier molecular flexibility index (Phi) is 34.9. The van der Waals surface area contributed by atoms with Crippen LogP contribution in [0.3, 0.4) is 0 Å². The van der Waals surface area contributed by atoms with E-state index in [4.69, 9.17) is 0 Å². The first-order chi connectivity index (χ1) is 40.8. The van der Waals surface area contributed by atoms with Crippen LogP contribution in [-0.4, -0.2) is 64.4 Å². The van der Waals surface area contributed by atoms with Crippen LogP contribution in [0.2, 0.25) is 0 Å². The molecule has 0 bridgehead atoms. The summed E-state index contributed by atoms with van der Waals surface area (Å²) in [5.41, 5.74) is 9.27. The second-order valence-electron chi connectivity index (χ2n) is 20.8. The Morgan fingerprint density at radius 1 is 0.253 bits per heavy atom. The molecule has 8 aromatic rings. The van der Waals surface area contributed by atoms with E-state index in [1.165, 1.54) is 157 Å². The van der Waals surface area contributed by atoms with Crippen molar-refractivity contribution in [2.24, 2.45) is 0 Å². The van der Waals surface area contributed by atoms with Gasteiger partial charge in [-0.2, -0.15) is 0 Å². The number of aromatic nitrogens is 8. The highest BCUT2D eigenvalue weighted by Gasteiger charge is 2.07. The molecule has 442 valence electrons. The maximum atomic E-state index is 4.61. The number of hydrogen-bond acceptors (Lipinski definition) is 12. The van der Waals surface area contributed by atoms with Gasteiger partial charge in [-0.25, -0.2) is 39.9 Å². The Morgan fingerprint density at radius 3 is 0.819 bits per heavy atom. The van der Waals surface area contributed by atoms with Gasteiger partial charge in [0.05, 0.1) is 0 Å². The summed E-state index contributed by atoms with van der Waals surface area (Å²) in [5.74, 6) is 4.47.